The van der Waals surface area contributed by atoms with E-state index in [1.165, 1.54) is 35.2 Å². The zero-order chi connectivity index (χ0) is 14.8. The molecule has 1 aliphatic rings. The van der Waals surface area contributed by atoms with Crippen LogP contribution in [-0.2, 0) is 13.0 Å². The van der Waals surface area contributed by atoms with Crippen LogP contribution in [0.15, 0.2) is 28.7 Å². The number of nitrogens with one attached hydrogen (secondary N) is 2. The fraction of sp³-hybridized carbons (Fsp3) is 0.444. The highest BCUT2D eigenvalue weighted by Crippen LogP contribution is 2.27. The Hall–Kier alpha value is -1.74. The van der Waals surface area contributed by atoms with Crippen molar-refractivity contribution >= 4 is 5.69 Å². The molecule has 3 heteroatoms. The lowest BCUT2D eigenvalue weighted by molar-refractivity contribution is 0.489. The Morgan fingerprint density at radius 1 is 1.33 bits per heavy atom. The van der Waals surface area contributed by atoms with Gasteiger partial charge in [-0.2, -0.15) is 0 Å². The lowest BCUT2D eigenvalue weighted by atomic mass is 9.99. The van der Waals surface area contributed by atoms with Crippen molar-refractivity contribution in [1.82, 2.24) is 5.32 Å². The number of furan rings is 1. The van der Waals surface area contributed by atoms with Crippen LogP contribution in [0.2, 0.25) is 0 Å². The highest BCUT2D eigenvalue weighted by atomic mass is 16.3. The Balaban J connectivity index is 1.72. The Morgan fingerprint density at radius 2 is 2.19 bits per heavy atom. The maximum absolute atomic E-state index is 5.63. The summed E-state index contributed by atoms with van der Waals surface area (Å²) >= 11 is 0. The van der Waals surface area contributed by atoms with E-state index in [9.17, 15) is 0 Å². The van der Waals surface area contributed by atoms with Gasteiger partial charge in [0.05, 0.1) is 0 Å². The monoisotopic (exact) mass is 284 g/mol. The highest BCUT2D eigenvalue weighted by molar-refractivity contribution is 5.59. The number of para-hydroxylation sites is 1. The molecule has 0 amide bonds. The second-order valence-corrected chi connectivity index (χ2v) is 5.95. The summed E-state index contributed by atoms with van der Waals surface area (Å²) in [6.07, 6.45) is 2.42. The largest absolute Gasteiger partial charge is 0.466 e. The van der Waals surface area contributed by atoms with Crippen molar-refractivity contribution in [3.05, 3.63) is 52.5 Å². The molecule has 3 nitrogen and oxygen atoms in total. The number of rotatable bonds is 4. The van der Waals surface area contributed by atoms with Crippen LogP contribution in [-0.4, -0.2) is 6.54 Å². The molecule has 3 rings (SSSR count). The molecule has 2 N–H and O–H groups in total. The van der Waals surface area contributed by atoms with E-state index >= 15 is 0 Å². The normalized spacial score (nSPS) is 15.4. The first-order chi connectivity index (χ1) is 10.1. The van der Waals surface area contributed by atoms with Crippen LogP contribution < -0.4 is 10.6 Å². The van der Waals surface area contributed by atoms with Crippen LogP contribution >= 0.6 is 0 Å². The van der Waals surface area contributed by atoms with Gasteiger partial charge in [-0.15, -0.1) is 0 Å². The van der Waals surface area contributed by atoms with Gasteiger partial charge in [0.1, 0.15) is 11.5 Å². The maximum Gasteiger partial charge on any atom is 0.105 e. The van der Waals surface area contributed by atoms with Gasteiger partial charge in [0, 0.05) is 30.4 Å². The van der Waals surface area contributed by atoms with E-state index in [4.69, 9.17) is 4.42 Å². The fourth-order valence-corrected chi connectivity index (χ4v) is 3.18. The quantitative estimate of drug-likeness (QED) is 0.887. The van der Waals surface area contributed by atoms with E-state index in [1.807, 2.05) is 13.8 Å². The summed E-state index contributed by atoms with van der Waals surface area (Å²) in [6.45, 7) is 8.19. The third-order valence-corrected chi connectivity index (χ3v) is 4.31. The van der Waals surface area contributed by atoms with Crippen molar-refractivity contribution in [2.75, 3.05) is 11.9 Å². The lowest BCUT2D eigenvalue weighted by Gasteiger charge is -2.22. The molecule has 2 heterocycles. The molecule has 21 heavy (non-hydrogen) atoms. The molecule has 0 radical (unpaired) electrons. The van der Waals surface area contributed by atoms with E-state index < -0.39 is 0 Å². The van der Waals surface area contributed by atoms with Crippen LogP contribution in [0.5, 0.6) is 0 Å². The van der Waals surface area contributed by atoms with E-state index in [2.05, 4.69) is 41.8 Å². The second-order valence-electron chi connectivity index (χ2n) is 5.95. The molecule has 0 saturated heterocycles. The predicted molar refractivity (Wildman–Crippen MR) is 86.7 cm³/mol. The lowest BCUT2D eigenvalue weighted by Crippen LogP contribution is -2.21. The Kier molecular flexibility index (Phi) is 4.02. The van der Waals surface area contributed by atoms with Crippen molar-refractivity contribution in [3.63, 3.8) is 0 Å². The van der Waals surface area contributed by atoms with Gasteiger partial charge in [-0.1, -0.05) is 18.2 Å². The molecule has 2 aromatic rings. The molecule has 1 unspecified atom stereocenters. The Labute approximate surface area is 126 Å². The molecule has 1 atom stereocenters. The molecule has 1 aromatic carbocycles. The number of fused-ring (bicyclic) bond motifs is 1. The van der Waals surface area contributed by atoms with Crippen molar-refractivity contribution in [2.24, 2.45) is 0 Å². The van der Waals surface area contributed by atoms with Crippen LogP contribution in [0.3, 0.4) is 0 Å². The Morgan fingerprint density at radius 3 is 2.95 bits per heavy atom. The Bertz CT molecular complexity index is 630. The molecule has 0 spiro atoms. The van der Waals surface area contributed by atoms with Crippen LogP contribution in [0.4, 0.5) is 5.69 Å². The van der Waals surface area contributed by atoms with Gasteiger partial charge >= 0.3 is 0 Å². The highest BCUT2D eigenvalue weighted by Gasteiger charge is 2.15. The van der Waals surface area contributed by atoms with Crippen LogP contribution in [0.25, 0.3) is 0 Å². The van der Waals surface area contributed by atoms with Crippen molar-refractivity contribution in [1.29, 1.82) is 0 Å². The topological polar surface area (TPSA) is 37.2 Å². The summed E-state index contributed by atoms with van der Waals surface area (Å²) in [5.74, 6) is 2.00. The minimum atomic E-state index is 0.293. The molecule has 1 aliphatic heterocycles. The maximum atomic E-state index is 5.63. The van der Waals surface area contributed by atoms with Crippen molar-refractivity contribution in [2.45, 2.75) is 46.2 Å². The van der Waals surface area contributed by atoms with Gasteiger partial charge in [0.25, 0.3) is 0 Å². The number of anilines is 1. The average molecular weight is 284 g/mol. The number of hydrogen-bond donors (Lipinski definition) is 2. The third-order valence-electron chi connectivity index (χ3n) is 4.31. The van der Waals surface area contributed by atoms with Crippen molar-refractivity contribution in [3.8, 4) is 0 Å². The minimum absolute atomic E-state index is 0.293. The third kappa shape index (κ3) is 2.98. The number of aryl methyl sites for hydroxylation is 3. The first kappa shape index (κ1) is 14.2. The summed E-state index contributed by atoms with van der Waals surface area (Å²) < 4.78 is 5.63. The second kappa shape index (κ2) is 5.94. The van der Waals surface area contributed by atoms with E-state index in [0.717, 1.165) is 24.6 Å². The summed E-state index contributed by atoms with van der Waals surface area (Å²) in [5, 5.41) is 7.17. The van der Waals surface area contributed by atoms with Gasteiger partial charge in [0.15, 0.2) is 0 Å². The molecule has 112 valence electrons. The molecule has 0 aliphatic carbocycles. The SMILES string of the molecule is Cc1cc(C(C)NCc2cccc3c2NCCC3)c(C)o1. The summed E-state index contributed by atoms with van der Waals surface area (Å²) in [4.78, 5) is 0. The minimum Gasteiger partial charge on any atom is -0.466 e. The zero-order valence-corrected chi connectivity index (χ0v) is 13.1. The summed E-state index contributed by atoms with van der Waals surface area (Å²) in [7, 11) is 0. The van der Waals surface area contributed by atoms with Crippen LogP contribution in [0, 0.1) is 13.8 Å². The van der Waals surface area contributed by atoms with Crippen molar-refractivity contribution < 1.29 is 4.42 Å². The van der Waals surface area contributed by atoms with Crippen LogP contribution in [0.1, 0.15) is 47.6 Å². The standard InChI is InChI=1S/C18H24N2O/c1-12-10-17(14(3)21-12)13(2)20-11-16-7-4-6-15-8-5-9-19-18(15)16/h4,6-7,10,13,19-20H,5,8-9,11H2,1-3H3. The van der Waals surface area contributed by atoms with Gasteiger partial charge in [0.2, 0.25) is 0 Å². The smallest absolute Gasteiger partial charge is 0.105 e. The summed E-state index contributed by atoms with van der Waals surface area (Å²) in [6, 6.07) is 9.04. The van der Waals surface area contributed by atoms with Gasteiger partial charge in [-0.05, 0) is 50.8 Å². The van der Waals surface area contributed by atoms with E-state index in [0.29, 0.717) is 6.04 Å². The molecular weight excluding hydrogens is 260 g/mol. The first-order valence-corrected chi connectivity index (χ1v) is 7.80. The predicted octanol–water partition coefficient (Wildman–Crippen LogP) is 4.11. The molecule has 1 aromatic heterocycles. The first-order valence-electron chi connectivity index (χ1n) is 7.80. The molecule has 0 bridgehead atoms. The zero-order valence-electron chi connectivity index (χ0n) is 13.1. The number of hydrogen-bond acceptors (Lipinski definition) is 3. The van der Waals surface area contributed by atoms with Gasteiger partial charge in [-0.3, -0.25) is 0 Å². The average Bonchev–Trinajstić information content (AvgIpc) is 2.83. The van der Waals surface area contributed by atoms with E-state index in [1.54, 1.807) is 0 Å². The fourth-order valence-electron chi connectivity index (χ4n) is 3.18. The van der Waals surface area contributed by atoms with Gasteiger partial charge in [-0.25, -0.2) is 0 Å². The van der Waals surface area contributed by atoms with E-state index in [-0.39, 0.29) is 0 Å². The number of benzene rings is 1. The molecule has 0 saturated carbocycles. The molecule has 0 fully saturated rings. The summed E-state index contributed by atoms with van der Waals surface area (Å²) in [5.41, 5.74) is 5.40. The molecular formula is C18H24N2O. The van der Waals surface area contributed by atoms with Gasteiger partial charge < -0.3 is 15.1 Å².